The Labute approximate surface area is 72.8 Å². The minimum Gasteiger partial charge on any atom is -0.465 e. The van der Waals surface area contributed by atoms with Gasteiger partial charge in [-0.05, 0) is 6.42 Å². The molecule has 0 radical (unpaired) electrons. The zero-order chi connectivity index (χ0) is 8.85. The quantitative estimate of drug-likeness (QED) is 0.509. The largest absolute Gasteiger partial charge is 0.465 e. The molecule has 1 atom stereocenters. The third-order valence-electron chi connectivity index (χ3n) is 1.56. The van der Waals surface area contributed by atoms with Crippen molar-refractivity contribution in [3.05, 3.63) is 0 Å². The Kier molecular flexibility index (Phi) is 5.11. The molecule has 11 heavy (non-hydrogen) atoms. The summed E-state index contributed by atoms with van der Waals surface area (Å²) in [4.78, 5) is 11.6. The molecule has 0 fully saturated rings. The molecule has 0 spiro atoms. The van der Waals surface area contributed by atoms with E-state index in [0.717, 1.165) is 19.3 Å². The molecule has 0 bridgehead atoms. The number of amides is 1. The smallest absolute Gasteiger partial charge is 0.407 e. The maximum atomic E-state index is 10.4. The summed E-state index contributed by atoms with van der Waals surface area (Å²) in [6.45, 7) is 2.07. The average molecular weight is 177 g/mol. The van der Waals surface area contributed by atoms with Gasteiger partial charge in [0.1, 0.15) is 0 Å². The first kappa shape index (κ1) is 10.6. The van der Waals surface area contributed by atoms with Crippen LogP contribution in [-0.4, -0.2) is 28.5 Å². The molecule has 0 aromatic heterocycles. The number of carbonyl (C=O) groups is 1. The van der Waals surface area contributed by atoms with Gasteiger partial charge in [-0.25, -0.2) is 4.79 Å². The Hall–Kier alpha value is -0.380. The molecule has 0 aliphatic rings. The van der Waals surface area contributed by atoms with Crippen LogP contribution in [0.2, 0.25) is 0 Å². The highest BCUT2D eigenvalue weighted by Gasteiger charge is 2.13. The van der Waals surface area contributed by atoms with Crippen LogP contribution in [-0.2, 0) is 0 Å². The molecule has 66 valence electrons. The molecule has 0 aromatic carbocycles. The van der Waals surface area contributed by atoms with Crippen molar-refractivity contribution in [3.8, 4) is 0 Å². The van der Waals surface area contributed by atoms with Crippen molar-refractivity contribution in [2.75, 3.05) is 7.05 Å². The van der Waals surface area contributed by atoms with Gasteiger partial charge in [-0.2, -0.15) is 12.6 Å². The summed E-state index contributed by atoms with van der Waals surface area (Å²) in [5.41, 5.74) is 0. The van der Waals surface area contributed by atoms with E-state index < -0.39 is 6.09 Å². The summed E-state index contributed by atoms with van der Waals surface area (Å²) in [5, 5.41) is 8.37. The molecule has 0 heterocycles. The van der Waals surface area contributed by atoms with Gasteiger partial charge >= 0.3 is 6.09 Å². The lowest BCUT2D eigenvalue weighted by atomic mass is 10.2. The second-order valence-electron chi connectivity index (χ2n) is 2.52. The number of thiol groups is 1. The third kappa shape index (κ3) is 4.14. The van der Waals surface area contributed by atoms with E-state index in [-0.39, 0.29) is 5.37 Å². The first-order chi connectivity index (χ1) is 5.09. The van der Waals surface area contributed by atoms with E-state index in [9.17, 15) is 4.79 Å². The Morgan fingerprint density at radius 3 is 2.64 bits per heavy atom. The van der Waals surface area contributed by atoms with Crippen LogP contribution in [0.3, 0.4) is 0 Å². The Morgan fingerprint density at radius 2 is 2.27 bits per heavy atom. The molecule has 0 aromatic rings. The molecule has 1 amide bonds. The van der Waals surface area contributed by atoms with Crippen molar-refractivity contribution in [1.82, 2.24) is 4.90 Å². The molecule has 1 N–H and O–H groups in total. The predicted molar refractivity (Wildman–Crippen MR) is 48.1 cm³/mol. The first-order valence-electron chi connectivity index (χ1n) is 3.73. The van der Waals surface area contributed by atoms with Gasteiger partial charge in [0.25, 0.3) is 0 Å². The summed E-state index contributed by atoms with van der Waals surface area (Å²) < 4.78 is 0. The Bertz CT molecular complexity index is 130. The number of carboxylic acid groups (broad SMARTS) is 1. The number of rotatable bonds is 4. The van der Waals surface area contributed by atoms with Crippen molar-refractivity contribution in [1.29, 1.82) is 0 Å². The first-order valence-corrected chi connectivity index (χ1v) is 4.25. The Balaban J connectivity index is 3.63. The highest BCUT2D eigenvalue weighted by molar-refractivity contribution is 7.80. The topological polar surface area (TPSA) is 40.5 Å². The zero-order valence-electron chi connectivity index (χ0n) is 6.95. The van der Waals surface area contributed by atoms with Crippen LogP contribution in [0.4, 0.5) is 4.79 Å². The van der Waals surface area contributed by atoms with Crippen LogP contribution in [0.15, 0.2) is 0 Å². The standard InChI is InChI=1S/C7H15NO2S/c1-3-4-5-6(11)8(2)7(9)10/h6,11H,3-5H2,1-2H3,(H,9,10). The lowest BCUT2D eigenvalue weighted by Crippen LogP contribution is -2.32. The van der Waals surface area contributed by atoms with Crippen molar-refractivity contribution in [2.45, 2.75) is 31.6 Å². The fraction of sp³-hybridized carbons (Fsp3) is 0.857. The molecule has 1 unspecified atom stereocenters. The fourth-order valence-corrected chi connectivity index (χ4v) is 0.989. The van der Waals surface area contributed by atoms with E-state index in [4.69, 9.17) is 5.11 Å². The number of nitrogens with zero attached hydrogens (tertiary/aromatic N) is 1. The maximum absolute atomic E-state index is 10.4. The lowest BCUT2D eigenvalue weighted by Gasteiger charge is -2.20. The van der Waals surface area contributed by atoms with Gasteiger partial charge in [0.15, 0.2) is 0 Å². The lowest BCUT2D eigenvalue weighted by molar-refractivity contribution is 0.151. The molecule has 3 nitrogen and oxygen atoms in total. The van der Waals surface area contributed by atoms with E-state index >= 15 is 0 Å². The second-order valence-corrected chi connectivity index (χ2v) is 3.11. The SMILES string of the molecule is CCCCC(S)N(C)C(=O)O. The summed E-state index contributed by atoms with van der Waals surface area (Å²) in [5.74, 6) is 0. The maximum Gasteiger partial charge on any atom is 0.407 e. The van der Waals surface area contributed by atoms with Gasteiger partial charge in [0.05, 0.1) is 5.37 Å². The highest BCUT2D eigenvalue weighted by atomic mass is 32.1. The van der Waals surface area contributed by atoms with E-state index in [1.807, 2.05) is 0 Å². The van der Waals surface area contributed by atoms with Gasteiger partial charge in [0.2, 0.25) is 0 Å². The van der Waals surface area contributed by atoms with Gasteiger partial charge in [0, 0.05) is 7.05 Å². The van der Waals surface area contributed by atoms with E-state index in [1.54, 1.807) is 0 Å². The summed E-state index contributed by atoms with van der Waals surface area (Å²) in [6.07, 6.45) is 2.00. The molecule has 0 saturated carbocycles. The average Bonchev–Trinajstić information content (AvgIpc) is 1.98. The van der Waals surface area contributed by atoms with Gasteiger partial charge < -0.3 is 5.11 Å². The predicted octanol–water partition coefficient (Wildman–Crippen LogP) is 2.04. The highest BCUT2D eigenvalue weighted by Crippen LogP contribution is 2.10. The zero-order valence-corrected chi connectivity index (χ0v) is 7.84. The second kappa shape index (κ2) is 5.29. The van der Waals surface area contributed by atoms with Crippen LogP contribution < -0.4 is 0 Å². The van der Waals surface area contributed by atoms with Crippen molar-refractivity contribution < 1.29 is 9.90 Å². The summed E-state index contributed by atoms with van der Waals surface area (Å²) >= 11 is 4.14. The van der Waals surface area contributed by atoms with Crippen molar-refractivity contribution in [2.24, 2.45) is 0 Å². The number of unbranched alkanes of at least 4 members (excludes halogenated alkanes) is 1. The van der Waals surface area contributed by atoms with E-state index in [2.05, 4.69) is 19.6 Å². The van der Waals surface area contributed by atoms with Gasteiger partial charge in [-0.3, -0.25) is 4.90 Å². The van der Waals surface area contributed by atoms with Crippen LogP contribution in [0, 0.1) is 0 Å². The molecule has 0 rings (SSSR count). The minimum absolute atomic E-state index is 0.160. The van der Waals surface area contributed by atoms with E-state index in [1.165, 1.54) is 11.9 Å². The Morgan fingerprint density at radius 1 is 1.73 bits per heavy atom. The molecule has 4 heteroatoms. The van der Waals surface area contributed by atoms with Crippen molar-refractivity contribution in [3.63, 3.8) is 0 Å². The van der Waals surface area contributed by atoms with Gasteiger partial charge in [-0.1, -0.05) is 19.8 Å². The van der Waals surface area contributed by atoms with E-state index in [0.29, 0.717) is 0 Å². The van der Waals surface area contributed by atoms with Crippen LogP contribution >= 0.6 is 12.6 Å². The number of hydrogen-bond acceptors (Lipinski definition) is 2. The molecule has 0 aliphatic carbocycles. The van der Waals surface area contributed by atoms with Crippen LogP contribution in [0.25, 0.3) is 0 Å². The molecule has 0 aliphatic heterocycles. The fourth-order valence-electron chi connectivity index (χ4n) is 0.708. The summed E-state index contributed by atoms with van der Waals surface area (Å²) in [7, 11) is 1.54. The molecular weight excluding hydrogens is 162 g/mol. The molecule has 0 saturated heterocycles. The molecular formula is C7H15NO2S. The number of hydrogen-bond donors (Lipinski definition) is 2. The minimum atomic E-state index is -0.916. The van der Waals surface area contributed by atoms with Gasteiger partial charge in [-0.15, -0.1) is 0 Å². The van der Waals surface area contributed by atoms with Crippen LogP contribution in [0.1, 0.15) is 26.2 Å². The normalized spacial score (nSPS) is 12.6. The third-order valence-corrected chi connectivity index (χ3v) is 2.17. The van der Waals surface area contributed by atoms with Crippen molar-refractivity contribution >= 4 is 18.7 Å². The van der Waals surface area contributed by atoms with Crippen LogP contribution in [0.5, 0.6) is 0 Å². The summed E-state index contributed by atoms with van der Waals surface area (Å²) in [6, 6.07) is 0. The monoisotopic (exact) mass is 177 g/mol.